The minimum Gasteiger partial charge on any atom is -0.376 e. The maximum atomic E-state index is 12.3. The molecule has 7 nitrogen and oxygen atoms in total. The third-order valence-electron chi connectivity index (χ3n) is 4.75. The van der Waals surface area contributed by atoms with Crippen LogP contribution in [0.3, 0.4) is 0 Å². The summed E-state index contributed by atoms with van der Waals surface area (Å²) in [6.45, 7) is 2.84. The Bertz CT molecular complexity index is 879. The van der Waals surface area contributed by atoms with E-state index in [4.69, 9.17) is 0 Å². The van der Waals surface area contributed by atoms with Gasteiger partial charge in [0.2, 0.25) is 11.8 Å². The molecule has 0 spiro atoms. The third kappa shape index (κ3) is 8.50. The molecule has 0 saturated heterocycles. The summed E-state index contributed by atoms with van der Waals surface area (Å²) in [5, 5.41) is 8.78. The van der Waals surface area contributed by atoms with Gasteiger partial charge in [-0.2, -0.15) is 0 Å². The van der Waals surface area contributed by atoms with Crippen LogP contribution in [0.5, 0.6) is 0 Å². The van der Waals surface area contributed by atoms with Gasteiger partial charge in [0, 0.05) is 44.0 Å². The zero-order chi connectivity index (χ0) is 22.6. The monoisotopic (exact) mass is 424 g/mol. The van der Waals surface area contributed by atoms with E-state index in [0.29, 0.717) is 30.6 Å². The van der Waals surface area contributed by atoms with Crippen molar-refractivity contribution in [3.05, 3.63) is 59.7 Å². The fourth-order valence-electron chi connectivity index (χ4n) is 2.88. The molecule has 0 aliphatic heterocycles. The first-order chi connectivity index (χ1) is 14.9. The average Bonchev–Trinajstić information content (AvgIpc) is 2.77. The van der Waals surface area contributed by atoms with Gasteiger partial charge in [0.1, 0.15) is 0 Å². The lowest BCUT2D eigenvalue weighted by Crippen LogP contribution is -2.24. The number of hydrogen-bond acceptors (Lipinski definition) is 4. The molecule has 0 bridgehead atoms. The Morgan fingerprint density at radius 3 is 2.39 bits per heavy atom. The molecule has 0 atom stereocenters. The SMILES string of the molecule is CCCCNC(=O)c1ccc(NC(=O)CNc2cccc(CCC(=O)N(C)C)c2)cc1. The highest BCUT2D eigenvalue weighted by atomic mass is 16.2. The van der Waals surface area contributed by atoms with E-state index in [0.717, 1.165) is 24.1 Å². The third-order valence-corrected chi connectivity index (χ3v) is 4.75. The summed E-state index contributed by atoms with van der Waals surface area (Å²) in [5.41, 5.74) is 3.06. The van der Waals surface area contributed by atoms with E-state index in [2.05, 4.69) is 22.9 Å². The van der Waals surface area contributed by atoms with E-state index in [1.54, 1.807) is 43.3 Å². The second-order valence-electron chi connectivity index (χ2n) is 7.58. The first kappa shape index (κ1) is 23.9. The van der Waals surface area contributed by atoms with E-state index in [1.807, 2.05) is 24.3 Å². The molecule has 0 heterocycles. The summed E-state index contributed by atoms with van der Waals surface area (Å²) in [4.78, 5) is 37.6. The fraction of sp³-hybridized carbons (Fsp3) is 0.375. The molecule has 31 heavy (non-hydrogen) atoms. The number of hydrogen-bond donors (Lipinski definition) is 3. The van der Waals surface area contributed by atoms with Crippen molar-refractivity contribution >= 4 is 29.1 Å². The van der Waals surface area contributed by atoms with E-state index >= 15 is 0 Å². The quantitative estimate of drug-likeness (QED) is 0.483. The van der Waals surface area contributed by atoms with Crippen LogP contribution in [0, 0.1) is 0 Å². The van der Waals surface area contributed by atoms with Gasteiger partial charge >= 0.3 is 0 Å². The fourth-order valence-corrected chi connectivity index (χ4v) is 2.88. The maximum Gasteiger partial charge on any atom is 0.251 e. The lowest BCUT2D eigenvalue weighted by Gasteiger charge is -2.11. The number of carbonyl (C=O) groups is 3. The van der Waals surface area contributed by atoms with Crippen LogP contribution in [0.15, 0.2) is 48.5 Å². The van der Waals surface area contributed by atoms with E-state index < -0.39 is 0 Å². The lowest BCUT2D eigenvalue weighted by molar-refractivity contribution is -0.128. The second-order valence-corrected chi connectivity index (χ2v) is 7.58. The van der Waals surface area contributed by atoms with E-state index in [1.165, 1.54) is 0 Å². The zero-order valence-electron chi connectivity index (χ0n) is 18.5. The molecule has 166 valence electrons. The largest absolute Gasteiger partial charge is 0.376 e. The van der Waals surface area contributed by atoms with Gasteiger partial charge in [-0.1, -0.05) is 25.5 Å². The highest BCUT2D eigenvalue weighted by Gasteiger charge is 2.08. The number of amides is 3. The molecule has 7 heteroatoms. The number of nitrogens with one attached hydrogen (secondary N) is 3. The number of benzene rings is 2. The Balaban J connectivity index is 1.80. The predicted molar refractivity (Wildman–Crippen MR) is 124 cm³/mol. The number of carbonyl (C=O) groups excluding carboxylic acids is 3. The Kier molecular flexibility index (Phi) is 9.55. The summed E-state index contributed by atoms with van der Waals surface area (Å²) in [6, 6.07) is 14.5. The molecule has 0 fully saturated rings. The minimum absolute atomic E-state index is 0.0854. The van der Waals surface area contributed by atoms with Gasteiger partial charge < -0.3 is 20.9 Å². The molecule has 0 saturated carbocycles. The maximum absolute atomic E-state index is 12.3. The van der Waals surface area contributed by atoms with Crippen LogP contribution in [0.2, 0.25) is 0 Å². The van der Waals surface area contributed by atoms with Gasteiger partial charge in [-0.3, -0.25) is 14.4 Å². The molecule has 0 unspecified atom stereocenters. The predicted octanol–water partition coefficient (Wildman–Crippen LogP) is 3.29. The van der Waals surface area contributed by atoms with Crippen LogP contribution in [-0.2, 0) is 16.0 Å². The van der Waals surface area contributed by atoms with Crippen molar-refractivity contribution in [1.29, 1.82) is 0 Å². The van der Waals surface area contributed by atoms with Crippen molar-refractivity contribution < 1.29 is 14.4 Å². The van der Waals surface area contributed by atoms with Gasteiger partial charge in [-0.25, -0.2) is 0 Å². The summed E-state index contributed by atoms with van der Waals surface area (Å²) in [6.07, 6.45) is 3.07. The molecule has 2 rings (SSSR count). The number of aryl methyl sites for hydroxylation is 1. The minimum atomic E-state index is -0.187. The number of unbranched alkanes of at least 4 members (excludes halogenated alkanes) is 1. The number of anilines is 2. The molecular weight excluding hydrogens is 392 g/mol. The molecule has 0 aliphatic rings. The standard InChI is InChI=1S/C24H32N4O3/c1-4-5-15-25-24(31)19-10-12-20(13-11-19)27-22(29)17-26-21-8-6-7-18(16-21)9-14-23(30)28(2)3/h6-8,10-13,16,26H,4-5,9,14-15,17H2,1-3H3,(H,25,31)(H,27,29). The summed E-state index contributed by atoms with van der Waals surface area (Å²) < 4.78 is 0. The molecule has 0 aliphatic carbocycles. The summed E-state index contributed by atoms with van der Waals surface area (Å²) in [7, 11) is 3.49. The van der Waals surface area contributed by atoms with Gasteiger partial charge in [-0.15, -0.1) is 0 Å². The van der Waals surface area contributed by atoms with Crippen molar-refractivity contribution in [2.75, 3.05) is 37.8 Å². The van der Waals surface area contributed by atoms with Crippen LogP contribution >= 0.6 is 0 Å². The van der Waals surface area contributed by atoms with Gasteiger partial charge in [-0.05, 0) is 54.8 Å². The molecule has 2 aromatic carbocycles. The van der Waals surface area contributed by atoms with Crippen LogP contribution in [0.4, 0.5) is 11.4 Å². The topological polar surface area (TPSA) is 90.5 Å². The molecule has 3 amide bonds. The molecule has 2 aromatic rings. The van der Waals surface area contributed by atoms with Crippen LogP contribution in [0.25, 0.3) is 0 Å². The lowest BCUT2D eigenvalue weighted by atomic mass is 10.1. The summed E-state index contributed by atoms with van der Waals surface area (Å²) >= 11 is 0. The first-order valence-corrected chi connectivity index (χ1v) is 10.6. The Hall–Kier alpha value is -3.35. The van der Waals surface area contributed by atoms with Crippen LogP contribution < -0.4 is 16.0 Å². The normalized spacial score (nSPS) is 10.3. The van der Waals surface area contributed by atoms with Crippen LogP contribution in [-0.4, -0.2) is 49.8 Å². The van der Waals surface area contributed by atoms with Crippen molar-refractivity contribution in [2.45, 2.75) is 32.6 Å². The Morgan fingerprint density at radius 1 is 0.968 bits per heavy atom. The second kappa shape index (κ2) is 12.4. The highest BCUT2D eigenvalue weighted by Crippen LogP contribution is 2.13. The van der Waals surface area contributed by atoms with Crippen molar-refractivity contribution in [2.24, 2.45) is 0 Å². The molecular formula is C24H32N4O3. The zero-order valence-corrected chi connectivity index (χ0v) is 18.5. The number of nitrogens with zero attached hydrogens (tertiary/aromatic N) is 1. The Labute approximate surface area is 184 Å². The van der Waals surface area contributed by atoms with E-state index in [9.17, 15) is 14.4 Å². The first-order valence-electron chi connectivity index (χ1n) is 10.6. The van der Waals surface area contributed by atoms with E-state index in [-0.39, 0.29) is 24.3 Å². The van der Waals surface area contributed by atoms with Gasteiger partial charge in [0.15, 0.2) is 0 Å². The average molecular weight is 425 g/mol. The molecule has 0 aromatic heterocycles. The Morgan fingerprint density at radius 2 is 1.71 bits per heavy atom. The van der Waals surface area contributed by atoms with Crippen LogP contribution in [0.1, 0.15) is 42.1 Å². The van der Waals surface area contributed by atoms with Crippen molar-refractivity contribution in [3.8, 4) is 0 Å². The number of rotatable bonds is 11. The van der Waals surface area contributed by atoms with Gasteiger partial charge in [0.05, 0.1) is 6.54 Å². The summed E-state index contributed by atoms with van der Waals surface area (Å²) in [5.74, 6) is -0.212. The van der Waals surface area contributed by atoms with Crippen molar-refractivity contribution in [3.63, 3.8) is 0 Å². The smallest absolute Gasteiger partial charge is 0.251 e. The highest BCUT2D eigenvalue weighted by molar-refractivity contribution is 5.96. The molecule has 0 radical (unpaired) electrons. The van der Waals surface area contributed by atoms with Gasteiger partial charge in [0.25, 0.3) is 5.91 Å². The molecule has 3 N–H and O–H groups in total. The van der Waals surface area contributed by atoms with Crippen molar-refractivity contribution in [1.82, 2.24) is 10.2 Å².